The van der Waals surface area contributed by atoms with E-state index in [0.717, 1.165) is 24.3 Å². The Morgan fingerprint density at radius 3 is 2.42 bits per heavy atom. The van der Waals surface area contributed by atoms with Gasteiger partial charge in [0.2, 0.25) is 5.91 Å². The lowest BCUT2D eigenvalue weighted by Crippen LogP contribution is -2.43. The van der Waals surface area contributed by atoms with Gasteiger partial charge >= 0.3 is 0 Å². The fourth-order valence-electron chi connectivity index (χ4n) is 1.75. The number of hydrogen-bond donors (Lipinski definition) is 4. The normalized spacial score (nSPS) is 11.2. The number of carbonyl (C=O) groups excluding carboxylic acids is 1. The summed E-state index contributed by atoms with van der Waals surface area (Å²) in [6.45, 7) is 0. The molecule has 1 amide bonds. The van der Waals surface area contributed by atoms with Gasteiger partial charge in [-0.2, -0.15) is 0 Å². The van der Waals surface area contributed by atoms with Gasteiger partial charge in [0.1, 0.15) is 11.6 Å². The number of hydrazine groups is 1. The van der Waals surface area contributed by atoms with Crippen LogP contribution in [-0.4, -0.2) is 24.3 Å². The molecule has 24 heavy (non-hydrogen) atoms. The SMILES string of the molecule is O=C(Cc1cc(=O)[nH]c(=S)[nH]1)NNS(=O)(=O)c1c(F)cccc1F. The second-order valence-electron chi connectivity index (χ2n) is 4.49. The second kappa shape index (κ2) is 6.98. The van der Waals surface area contributed by atoms with Crippen molar-refractivity contribution >= 4 is 28.1 Å². The molecule has 0 unspecified atom stereocenters. The molecule has 0 bridgehead atoms. The minimum Gasteiger partial charge on any atom is -0.335 e. The Hall–Kier alpha value is -2.44. The maximum absolute atomic E-state index is 13.5. The summed E-state index contributed by atoms with van der Waals surface area (Å²) in [4.78, 5) is 28.0. The zero-order valence-electron chi connectivity index (χ0n) is 11.7. The van der Waals surface area contributed by atoms with Crippen molar-refractivity contribution < 1.29 is 22.0 Å². The van der Waals surface area contributed by atoms with Crippen molar-refractivity contribution in [1.29, 1.82) is 0 Å². The van der Waals surface area contributed by atoms with E-state index >= 15 is 0 Å². The quantitative estimate of drug-likeness (QED) is 0.440. The van der Waals surface area contributed by atoms with Gasteiger partial charge in [0, 0.05) is 11.8 Å². The van der Waals surface area contributed by atoms with E-state index in [-0.39, 0.29) is 10.5 Å². The fourth-order valence-corrected chi connectivity index (χ4v) is 2.98. The van der Waals surface area contributed by atoms with Crippen LogP contribution in [0.5, 0.6) is 0 Å². The van der Waals surface area contributed by atoms with Gasteiger partial charge in [-0.25, -0.2) is 17.2 Å². The van der Waals surface area contributed by atoms with Crippen LogP contribution in [0.15, 0.2) is 34.0 Å². The number of halogens is 2. The van der Waals surface area contributed by atoms with Gasteiger partial charge in [-0.15, -0.1) is 4.83 Å². The number of amides is 1. The highest BCUT2D eigenvalue weighted by atomic mass is 32.2. The molecule has 12 heteroatoms. The van der Waals surface area contributed by atoms with E-state index in [1.54, 1.807) is 10.3 Å². The number of aromatic amines is 2. The largest absolute Gasteiger partial charge is 0.335 e. The molecule has 0 saturated heterocycles. The minimum atomic E-state index is -4.66. The number of nitrogens with one attached hydrogen (secondary N) is 4. The maximum Gasteiger partial charge on any atom is 0.263 e. The number of hydrogen-bond acceptors (Lipinski definition) is 5. The van der Waals surface area contributed by atoms with Crippen LogP contribution in [0.1, 0.15) is 5.69 Å². The highest BCUT2D eigenvalue weighted by Crippen LogP contribution is 2.17. The number of benzene rings is 1. The van der Waals surface area contributed by atoms with Crippen LogP contribution < -0.4 is 15.8 Å². The molecule has 4 N–H and O–H groups in total. The van der Waals surface area contributed by atoms with Gasteiger partial charge in [-0.3, -0.25) is 20.0 Å². The Kier molecular flexibility index (Phi) is 5.21. The third-order valence-corrected chi connectivity index (χ3v) is 4.18. The molecule has 1 aromatic heterocycles. The lowest BCUT2D eigenvalue weighted by atomic mass is 10.3. The molecule has 2 rings (SSSR count). The summed E-state index contributed by atoms with van der Waals surface area (Å²) in [7, 11) is -4.66. The fraction of sp³-hybridized carbons (Fsp3) is 0.0833. The monoisotopic (exact) mass is 376 g/mol. The van der Waals surface area contributed by atoms with Gasteiger partial charge in [0.15, 0.2) is 9.67 Å². The van der Waals surface area contributed by atoms with E-state index in [2.05, 4.69) is 9.97 Å². The summed E-state index contributed by atoms with van der Waals surface area (Å²) < 4.78 is 50.7. The molecule has 0 saturated carbocycles. The third-order valence-electron chi connectivity index (χ3n) is 2.68. The molecule has 0 spiro atoms. The standard InChI is InChI=1S/C12H10F2N4O4S2/c13-7-2-1-3-8(14)11(7)24(21,22)18-17-10(20)5-6-4-9(19)16-12(23)15-6/h1-4,18H,5H2,(H,17,20)(H2,15,16,19,23). The lowest BCUT2D eigenvalue weighted by molar-refractivity contribution is -0.120. The molecule has 0 atom stereocenters. The Bertz CT molecular complexity index is 952. The van der Waals surface area contributed by atoms with Gasteiger partial charge in [-0.1, -0.05) is 6.07 Å². The predicted octanol–water partition coefficient (Wildman–Crippen LogP) is 0.263. The Labute approximate surface area is 139 Å². The average Bonchev–Trinajstić information content (AvgIpc) is 2.43. The maximum atomic E-state index is 13.5. The van der Waals surface area contributed by atoms with Crippen LogP contribution in [-0.2, 0) is 21.2 Å². The molecular formula is C12H10F2N4O4S2. The second-order valence-corrected chi connectivity index (χ2v) is 6.52. The summed E-state index contributed by atoms with van der Waals surface area (Å²) in [6.07, 6.45) is -0.421. The van der Waals surface area contributed by atoms with Crippen LogP contribution in [0, 0.1) is 16.4 Å². The third kappa shape index (κ3) is 4.31. The number of sulfonamides is 1. The predicted molar refractivity (Wildman–Crippen MR) is 80.8 cm³/mol. The Morgan fingerprint density at radius 1 is 1.21 bits per heavy atom. The van der Waals surface area contributed by atoms with Gasteiger partial charge in [0.25, 0.3) is 15.6 Å². The topological polar surface area (TPSA) is 124 Å². The molecule has 0 aliphatic rings. The van der Waals surface area contributed by atoms with Gasteiger partial charge < -0.3 is 4.98 Å². The van der Waals surface area contributed by atoms with Crippen molar-refractivity contribution in [3.8, 4) is 0 Å². The minimum absolute atomic E-state index is 0.0145. The lowest BCUT2D eigenvalue weighted by Gasteiger charge is -2.09. The van der Waals surface area contributed by atoms with Crippen LogP contribution >= 0.6 is 12.2 Å². The Balaban J connectivity index is 2.11. The number of rotatable bonds is 5. The number of H-pyrrole nitrogens is 2. The molecule has 8 nitrogen and oxygen atoms in total. The molecule has 0 radical (unpaired) electrons. The summed E-state index contributed by atoms with van der Waals surface area (Å²) in [5.41, 5.74) is 1.36. The van der Waals surface area contributed by atoms with E-state index < -0.39 is 44.4 Å². The Morgan fingerprint density at radius 2 is 1.83 bits per heavy atom. The molecular weight excluding hydrogens is 366 g/mol. The first-order valence-corrected chi connectivity index (χ1v) is 8.15. The zero-order chi connectivity index (χ0) is 17.9. The summed E-state index contributed by atoms with van der Waals surface area (Å²) in [5, 5.41) is 0. The van der Waals surface area contributed by atoms with Crippen LogP contribution in [0.3, 0.4) is 0 Å². The average molecular weight is 376 g/mol. The van der Waals surface area contributed by atoms with Crippen molar-refractivity contribution in [2.24, 2.45) is 0 Å². The number of aromatic nitrogens is 2. The molecule has 1 aromatic carbocycles. The molecule has 0 aliphatic heterocycles. The van der Waals surface area contributed by atoms with Gasteiger partial charge in [0.05, 0.1) is 6.42 Å². The van der Waals surface area contributed by atoms with Crippen LogP contribution in [0.4, 0.5) is 8.78 Å². The van der Waals surface area contributed by atoms with Crippen molar-refractivity contribution in [3.63, 3.8) is 0 Å². The summed E-state index contributed by atoms with van der Waals surface area (Å²) in [6, 6.07) is 3.57. The highest BCUT2D eigenvalue weighted by Gasteiger charge is 2.24. The van der Waals surface area contributed by atoms with E-state index in [9.17, 15) is 26.8 Å². The summed E-state index contributed by atoms with van der Waals surface area (Å²) >= 11 is 4.72. The highest BCUT2D eigenvalue weighted by molar-refractivity contribution is 7.89. The summed E-state index contributed by atoms with van der Waals surface area (Å²) in [5.74, 6) is -3.50. The van der Waals surface area contributed by atoms with Crippen LogP contribution in [0.25, 0.3) is 0 Å². The molecule has 2 aromatic rings. The smallest absolute Gasteiger partial charge is 0.263 e. The molecule has 0 fully saturated rings. The van der Waals surface area contributed by atoms with Gasteiger partial charge in [-0.05, 0) is 24.4 Å². The number of carbonyl (C=O) groups is 1. The zero-order valence-corrected chi connectivity index (χ0v) is 13.4. The molecule has 1 heterocycles. The van der Waals surface area contributed by atoms with E-state index in [1.807, 2.05) is 0 Å². The van der Waals surface area contributed by atoms with E-state index in [0.29, 0.717) is 0 Å². The first kappa shape index (κ1) is 17.9. The molecule has 128 valence electrons. The van der Waals surface area contributed by atoms with Crippen molar-refractivity contribution in [3.05, 3.63) is 56.7 Å². The first-order valence-electron chi connectivity index (χ1n) is 6.26. The van der Waals surface area contributed by atoms with Crippen molar-refractivity contribution in [1.82, 2.24) is 20.2 Å². The van der Waals surface area contributed by atoms with E-state index in [4.69, 9.17) is 12.2 Å². The molecule has 0 aliphatic carbocycles. The van der Waals surface area contributed by atoms with Crippen molar-refractivity contribution in [2.45, 2.75) is 11.3 Å². The first-order chi connectivity index (χ1) is 11.2. The van der Waals surface area contributed by atoms with Crippen LogP contribution in [0.2, 0.25) is 0 Å². The van der Waals surface area contributed by atoms with Crippen molar-refractivity contribution in [2.75, 3.05) is 0 Å². The van der Waals surface area contributed by atoms with E-state index in [1.165, 1.54) is 0 Å².